The summed E-state index contributed by atoms with van der Waals surface area (Å²) in [7, 11) is 1.80. The number of aliphatic imine (C=N–C) groups is 1. The smallest absolute Gasteiger partial charge is 0.231 e. The van der Waals surface area contributed by atoms with Crippen molar-refractivity contribution in [1.29, 1.82) is 0 Å². The van der Waals surface area contributed by atoms with Crippen molar-refractivity contribution in [2.45, 2.75) is 25.7 Å². The molecule has 0 unspecified atom stereocenters. The second-order valence-electron chi connectivity index (χ2n) is 6.63. The van der Waals surface area contributed by atoms with E-state index in [0.717, 1.165) is 37.0 Å². The topological polar surface area (TPSA) is 54.9 Å². The van der Waals surface area contributed by atoms with Gasteiger partial charge < -0.3 is 20.1 Å². The van der Waals surface area contributed by atoms with E-state index >= 15 is 0 Å². The first-order valence-corrected chi connectivity index (χ1v) is 9.33. The maximum absolute atomic E-state index is 5.49. The zero-order valence-corrected chi connectivity index (χ0v) is 15.8. The van der Waals surface area contributed by atoms with Crippen LogP contribution < -0.4 is 20.1 Å². The maximum atomic E-state index is 5.49. The summed E-state index contributed by atoms with van der Waals surface area (Å²) >= 11 is 1.78. The fourth-order valence-electron chi connectivity index (χ4n) is 2.70. The predicted octanol–water partition coefficient (Wildman–Crippen LogP) is 3.16. The van der Waals surface area contributed by atoms with E-state index in [0.29, 0.717) is 6.79 Å². The molecule has 0 atom stereocenters. The summed E-state index contributed by atoms with van der Waals surface area (Å²) in [6, 6.07) is 10.4. The monoisotopic (exact) mass is 359 g/mol. The van der Waals surface area contributed by atoms with Gasteiger partial charge in [-0.3, -0.25) is 4.99 Å². The standard InChI is InChI=1S/C19H25N3O2S/c1-19(2,14-6-7-16-17(11-14)24-13-23-16)12-22-18(20-3)21-9-8-15-5-4-10-25-15/h4-7,10-11H,8-9,12-13H2,1-3H3,(H2,20,21,22). The fraction of sp³-hybridized carbons (Fsp3) is 0.421. The molecule has 3 rings (SSSR count). The third kappa shape index (κ3) is 4.45. The molecule has 2 N–H and O–H groups in total. The Morgan fingerprint density at radius 2 is 2.04 bits per heavy atom. The number of guanidine groups is 1. The normalized spacial score (nSPS) is 13.8. The first-order chi connectivity index (χ1) is 12.1. The van der Waals surface area contributed by atoms with Crippen LogP contribution in [0.3, 0.4) is 0 Å². The van der Waals surface area contributed by atoms with Gasteiger partial charge in [-0.05, 0) is 35.6 Å². The van der Waals surface area contributed by atoms with Gasteiger partial charge in [0.25, 0.3) is 0 Å². The minimum Gasteiger partial charge on any atom is -0.454 e. The van der Waals surface area contributed by atoms with E-state index in [1.807, 2.05) is 6.07 Å². The zero-order valence-electron chi connectivity index (χ0n) is 15.0. The number of thiophene rings is 1. The molecule has 1 aromatic carbocycles. The van der Waals surface area contributed by atoms with Crippen LogP contribution in [0.2, 0.25) is 0 Å². The Morgan fingerprint density at radius 1 is 1.20 bits per heavy atom. The third-order valence-corrected chi connectivity index (χ3v) is 5.26. The Labute approximate surface area is 153 Å². The fourth-order valence-corrected chi connectivity index (χ4v) is 3.41. The summed E-state index contributed by atoms with van der Waals surface area (Å²) in [6.45, 7) is 6.35. The Hall–Kier alpha value is -2.21. The number of hydrogen-bond donors (Lipinski definition) is 2. The van der Waals surface area contributed by atoms with E-state index < -0.39 is 0 Å². The van der Waals surface area contributed by atoms with E-state index in [1.54, 1.807) is 18.4 Å². The largest absolute Gasteiger partial charge is 0.454 e. The summed E-state index contributed by atoms with van der Waals surface area (Å²) in [6.07, 6.45) is 1.00. The molecule has 134 valence electrons. The molecule has 2 heterocycles. The summed E-state index contributed by atoms with van der Waals surface area (Å²) in [4.78, 5) is 5.69. The van der Waals surface area contributed by atoms with Crippen molar-refractivity contribution in [2.75, 3.05) is 26.9 Å². The van der Waals surface area contributed by atoms with Crippen molar-refractivity contribution in [3.63, 3.8) is 0 Å². The van der Waals surface area contributed by atoms with Crippen molar-refractivity contribution in [3.8, 4) is 11.5 Å². The average Bonchev–Trinajstić information content (AvgIpc) is 3.28. The number of fused-ring (bicyclic) bond motifs is 1. The summed E-state index contributed by atoms with van der Waals surface area (Å²) in [5.74, 6) is 2.47. The Morgan fingerprint density at radius 3 is 2.80 bits per heavy atom. The third-order valence-electron chi connectivity index (χ3n) is 4.32. The molecule has 0 saturated carbocycles. The molecule has 6 heteroatoms. The number of benzene rings is 1. The van der Waals surface area contributed by atoms with E-state index in [9.17, 15) is 0 Å². The van der Waals surface area contributed by atoms with Crippen LogP contribution in [0.15, 0.2) is 40.7 Å². The summed E-state index contributed by atoms with van der Waals surface area (Å²) in [5, 5.41) is 8.91. The molecule has 1 aromatic heterocycles. The van der Waals surface area contributed by atoms with Crippen molar-refractivity contribution >= 4 is 17.3 Å². The highest BCUT2D eigenvalue weighted by molar-refractivity contribution is 7.09. The zero-order chi connectivity index (χ0) is 17.7. The van der Waals surface area contributed by atoms with Gasteiger partial charge in [-0.1, -0.05) is 26.0 Å². The molecule has 2 aromatic rings. The Bertz CT molecular complexity index is 726. The van der Waals surface area contributed by atoms with Gasteiger partial charge in [0.05, 0.1) is 0 Å². The molecule has 0 aliphatic carbocycles. The van der Waals surface area contributed by atoms with Crippen LogP contribution in [-0.4, -0.2) is 32.9 Å². The molecule has 25 heavy (non-hydrogen) atoms. The lowest BCUT2D eigenvalue weighted by atomic mass is 9.84. The van der Waals surface area contributed by atoms with Crippen LogP contribution in [0.1, 0.15) is 24.3 Å². The minimum absolute atomic E-state index is 0.0631. The number of nitrogens with zero attached hydrogens (tertiary/aromatic N) is 1. The lowest BCUT2D eigenvalue weighted by Crippen LogP contribution is -2.44. The molecule has 0 fully saturated rings. The van der Waals surface area contributed by atoms with Crippen molar-refractivity contribution < 1.29 is 9.47 Å². The molecule has 0 radical (unpaired) electrons. The van der Waals surface area contributed by atoms with Crippen LogP contribution >= 0.6 is 11.3 Å². The molecule has 5 nitrogen and oxygen atoms in total. The van der Waals surface area contributed by atoms with E-state index in [1.165, 1.54) is 10.4 Å². The first kappa shape index (κ1) is 17.6. The predicted molar refractivity (Wildman–Crippen MR) is 103 cm³/mol. The maximum Gasteiger partial charge on any atom is 0.231 e. The van der Waals surface area contributed by atoms with Gasteiger partial charge in [0.15, 0.2) is 17.5 Å². The van der Waals surface area contributed by atoms with Crippen LogP contribution in [0.4, 0.5) is 0 Å². The van der Waals surface area contributed by atoms with Gasteiger partial charge in [-0.2, -0.15) is 0 Å². The number of ether oxygens (including phenoxy) is 2. The van der Waals surface area contributed by atoms with E-state index in [2.05, 4.69) is 59.1 Å². The number of rotatable bonds is 6. The molecule has 0 amide bonds. The SMILES string of the molecule is CN=C(NCCc1cccs1)NCC(C)(C)c1ccc2c(c1)OCO2. The van der Waals surface area contributed by atoms with Crippen LogP contribution in [0.5, 0.6) is 11.5 Å². The molecular weight excluding hydrogens is 334 g/mol. The second kappa shape index (κ2) is 7.78. The van der Waals surface area contributed by atoms with E-state index in [-0.39, 0.29) is 5.41 Å². The lowest BCUT2D eigenvalue weighted by molar-refractivity contribution is 0.174. The quantitative estimate of drug-likeness (QED) is 0.614. The number of nitrogens with one attached hydrogen (secondary N) is 2. The summed E-state index contributed by atoms with van der Waals surface area (Å²) in [5.41, 5.74) is 1.14. The molecule has 0 bridgehead atoms. The second-order valence-corrected chi connectivity index (χ2v) is 7.67. The lowest BCUT2D eigenvalue weighted by Gasteiger charge is -2.27. The van der Waals surface area contributed by atoms with Gasteiger partial charge in [0.1, 0.15) is 0 Å². The molecular formula is C19H25N3O2S. The van der Waals surface area contributed by atoms with Gasteiger partial charge in [0.2, 0.25) is 6.79 Å². The van der Waals surface area contributed by atoms with Gasteiger partial charge in [-0.25, -0.2) is 0 Å². The van der Waals surface area contributed by atoms with Gasteiger partial charge in [-0.15, -0.1) is 11.3 Å². The van der Waals surface area contributed by atoms with Gasteiger partial charge in [0, 0.05) is 30.4 Å². The first-order valence-electron chi connectivity index (χ1n) is 8.45. The molecule has 0 saturated heterocycles. The minimum atomic E-state index is -0.0631. The van der Waals surface area contributed by atoms with Crippen LogP contribution in [-0.2, 0) is 11.8 Å². The van der Waals surface area contributed by atoms with Crippen molar-refractivity contribution in [3.05, 3.63) is 46.2 Å². The Balaban J connectivity index is 1.53. The van der Waals surface area contributed by atoms with E-state index in [4.69, 9.17) is 9.47 Å². The molecule has 1 aliphatic heterocycles. The van der Waals surface area contributed by atoms with Gasteiger partial charge >= 0.3 is 0 Å². The molecule has 1 aliphatic rings. The molecule has 0 spiro atoms. The van der Waals surface area contributed by atoms with Crippen LogP contribution in [0.25, 0.3) is 0 Å². The van der Waals surface area contributed by atoms with Crippen LogP contribution in [0, 0.1) is 0 Å². The van der Waals surface area contributed by atoms with Crippen molar-refractivity contribution in [1.82, 2.24) is 10.6 Å². The van der Waals surface area contributed by atoms with Crippen molar-refractivity contribution in [2.24, 2.45) is 4.99 Å². The summed E-state index contributed by atoms with van der Waals surface area (Å²) < 4.78 is 10.9. The Kier molecular flexibility index (Phi) is 5.48. The highest BCUT2D eigenvalue weighted by Crippen LogP contribution is 2.36. The highest BCUT2D eigenvalue weighted by atomic mass is 32.1. The highest BCUT2D eigenvalue weighted by Gasteiger charge is 2.24. The average molecular weight is 359 g/mol. The number of hydrogen-bond acceptors (Lipinski definition) is 4.